The molecular weight excluding hydrogens is 488 g/mol. The second kappa shape index (κ2) is 8.73. The number of para-hydroxylation sites is 4. The first-order valence-corrected chi connectivity index (χ1v) is 13.3. The van der Waals surface area contributed by atoms with Crippen LogP contribution >= 0.6 is 0 Å². The van der Waals surface area contributed by atoms with E-state index in [1.807, 2.05) is 30.3 Å². The van der Waals surface area contributed by atoms with Crippen LogP contribution in [0.5, 0.6) is 0 Å². The summed E-state index contributed by atoms with van der Waals surface area (Å²) in [6.07, 6.45) is 0. The highest BCUT2D eigenvalue weighted by atomic mass is 16.3. The fraction of sp³-hybridized carbons (Fsp3) is 0. The maximum atomic E-state index is 8.16. The topological polar surface area (TPSA) is 22.4 Å². The van der Waals surface area contributed by atoms with Crippen LogP contribution < -0.4 is 0 Å². The van der Waals surface area contributed by atoms with Gasteiger partial charge in [-0.1, -0.05) is 109 Å². The van der Waals surface area contributed by atoms with Gasteiger partial charge in [0.15, 0.2) is 0 Å². The average molecular weight is 511 g/mol. The van der Waals surface area contributed by atoms with Crippen molar-refractivity contribution in [1.82, 2.24) is 4.57 Å². The Bertz CT molecular complexity index is 2240. The third-order valence-electron chi connectivity index (χ3n) is 7.85. The minimum absolute atomic E-state index is 0.616. The highest BCUT2D eigenvalue weighted by Gasteiger charge is 2.21. The molecule has 0 bridgehead atoms. The summed E-state index contributed by atoms with van der Waals surface area (Å²) in [5.41, 5.74) is 9.72. The van der Waals surface area contributed by atoms with Gasteiger partial charge in [-0.25, -0.2) is 4.85 Å². The molecule has 8 aromatic rings. The van der Waals surface area contributed by atoms with Crippen LogP contribution in [0.15, 0.2) is 138 Å². The van der Waals surface area contributed by atoms with Gasteiger partial charge in [-0.3, -0.25) is 0 Å². The van der Waals surface area contributed by atoms with E-state index in [1.165, 1.54) is 10.8 Å². The third-order valence-corrected chi connectivity index (χ3v) is 7.85. The Balaban J connectivity index is 1.48. The first-order valence-electron chi connectivity index (χ1n) is 13.3. The lowest BCUT2D eigenvalue weighted by Crippen LogP contribution is -1.98. The van der Waals surface area contributed by atoms with Gasteiger partial charge in [-0.15, -0.1) is 0 Å². The predicted octanol–water partition coefficient (Wildman–Crippen LogP) is 10.6. The molecule has 0 aliphatic heterocycles. The number of rotatable bonds is 3. The molecule has 0 unspecified atom stereocenters. The van der Waals surface area contributed by atoms with Crippen LogP contribution in [0.1, 0.15) is 0 Å². The molecule has 0 saturated carbocycles. The molecule has 2 heterocycles. The van der Waals surface area contributed by atoms with Crippen molar-refractivity contribution in [1.29, 1.82) is 0 Å². The van der Waals surface area contributed by atoms with Crippen LogP contribution in [0.4, 0.5) is 5.69 Å². The third kappa shape index (κ3) is 3.17. The van der Waals surface area contributed by atoms with Crippen molar-refractivity contribution in [3.8, 4) is 27.9 Å². The fourth-order valence-electron chi connectivity index (χ4n) is 6.19. The van der Waals surface area contributed by atoms with Crippen LogP contribution in [0, 0.1) is 6.57 Å². The molecule has 8 rings (SSSR count). The van der Waals surface area contributed by atoms with Crippen molar-refractivity contribution in [2.45, 2.75) is 0 Å². The number of furan rings is 1. The number of nitrogens with zero attached hydrogens (tertiary/aromatic N) is 2. The van der Waals surface area contributed by atoms with Gasteiger partial charge in [-0.05, 0) is 46.5 Å². The Morgan fingerprint density at radius 2 is 1.00 bits per heavy atom. The standard InChI is InChI=1S/C37H22N2O/c1-38-31-19-10-18-29(37(31)39-32-20-7-4-14-26(32)27-15-5-8-21-33(27)39)25-13-3-2-12-24(25)28-17-11-23-35-36(28)30-16-6-9-22-34(30)40-35/h2-23H. The van der Waals surface area contributed by atoms with Crippen molar-refractivity contribution >= 4 is 49.4 Å². The maximum absolute atomic E-state index is 8.16. The first-order chi connectivity index (χ1) is 19.8. The average Bonchev–Trinajstić information content (AvgIpc) is 3.56. The molecular formula is C37H22N2O. The van der Waals surface area contributed by atoms with Gasteiger partial charge in [0, 0.05) is 21.5 Å². The lowest BCUT2D eigenvalue weighted by Gasteiger charge is -2.19. The van der Waals surface area contributed by atoms with Crippen LogP contribution in [0.25, 0.3) is 76.5 Å². The molecule has 0 spiro atoms. The summed E-state index contributed by atoms with van der Waals surface area (Å²) in [4.78, 5) is 4.03. The van der Waals surface area contributed by atoms with Crippen LogP contribution in [0.2, 0.25) is 0 Å². The Morgan fingerprint density at radius 3 is 1.73 bits per heavy atom. The highest BCUT2D eigenvalue weighted by Crippen LogP contribution is 2.45. The van der Waals surface area contributed by atoms with E-state index < -0.39 is 0 Å². The molecule has 0 aliphatic carbocycles. The van der Waals surface area contributed by atoms with Gasteiger partial charge in [0.25, 0.3) is 0 Å². The Hall–Kier alpha value is -5.59. The summed E-state index contributed by atoms with van der Waals surface area (Å²) in [6.45, 7) is 8.16. The number of fused-ring (bicyclic) bond motifs is 6. The van der Waals surface area contributed by atoms with Gasteiger partial charge in [0.2, 0.25) is 5.69 Å². The van der Waals surface area contributed by atoms with Gasteiger partial charge in [-0.2, -0.15) is 0 Å². The van der Waals surface area contributed by atoms with E-state index in [-0.39, 0.29) is 0 Å². The molecule has 6 aromatic carbocycles. The van der Waals surface area contributed by atoms with Crippen molar-refractivity contribution < 1.29 is 4.42 Å². The molecule has 0 N–H and O–H groups in total. The summed E-state index contributed by atoms with van der Waals surface area (Å²) >= 11 is 0. The van der Waals surface area contributed by atoms with E-state index in [9.17, 15) is 0 Å². The van der Waals surface area contributed by atoms with Gasteiger partial charge < -0.3 is 8.98 Å². The van der Waals surface area contributed by atoms with Crippen LogP contribution in [-0.2, 0) is 0 Å². The zero-order valence-electron chi connectivity index (χ0n) is 21.5. The van der Waals surface area contributed by atoms with E-state index in [1.54, 1.807) is 0 Å². The molecule has 0 radical (unpaired) electrons. The lowest BCUT2D eigenvalue weighted by molar-refractivity contribution is 0.669. The lowest BCUT2D eigenvalue weighted by atomic mass is 9.91. The van der Waals surface area contributed by atoms with Crippen LogP contribution in [-0.4, -0.2) is 4.57 Å². The van der Waals surface area contributed by atoms with Gasteiger partial charge in [0.05, 0.1) is 23.3 Å². The molecule has 0 amide bonds. The van der Waals surface area contributed by atoms with E-state index in [0.29, 0.717) is 5.69 Å². The molecule has 0 aliphatic rings. The smallest absolute Gasteiger partial charge is 0.211 e. The quantitative estimate of drug-likeness (QED) is 0.217. The Labute approximate surface area is 231 Å². The monoisotopic (exact) mass is 510 g/mol. The molecule has 186 valence electrons. The van der Waals surface area contributed by atoms with Crippen molar-refractivity contribution in [2.75, 3.05) is 0 Å². The molecule has 40 heavy (non-hydrogen) atoms. The summed E-state index contributed by atoms with van der Waals surface area (Å²) in [7, 11) is 0. The summed E-state index contributed by atoms with van der Waals surface area (Å²) in [5.74, 6) is 0. The summed E-state index contributed by atoms with van der Waals surface area (Å²) in [5, 5.41) is 4.55. The number of hydrogen-bond acceptors (Lipinski definition) is 1. The Morgan fingerprint density at radius 1 is 0.475 bits per heavy atom. The zero-order valence-corrected chi connectivity index (χ0v) is 21.5. The highest BCUT2D eigenvalue weighted by molar-refractivity contribution is 6.14. The predicted molar refractivity (Wildman–Crippen MR) is 165 cm³/mol. The molecule has 0 saturated heterocycles. The van der Waals surface area contributed by atoms with Crippen molar-refractivity contribution in [3.63, 3.8) is 0 Å². The molecule has 2 aromatic heterocycles. The Kier molecular flexibility index (Phi) is 4.89. The first kappa shape index (κ1) is 22.4. The zero-order chi connectivity index (χ0) is 26.6. The maximum Gasteiger partial charge on any atom is 0.211 e. The normalized spacial score (nSPS) is 11.5. The second-order valence-corrected chi connectivity index (χ2v) is 9.98. The SMILES string of the molecule is [C-]#[N+]c1cccc(-c2ccccc2-c2cccc3oc4ccccc4c23)c1-n1c2ccccc2c2ccccc21. The largest absolute Gasteiger partial charge is 0.456 e. The molecule has 3 nitrogen and oxygen atoms in total. The minimum Gasteiger partial charge on any atom is -0.456 e. The number of hydrogen-bond donors (Lipinski definition) is 0. The van der Waals surface area contributed by atoms with E-state index in [2.05, 4.69) is 113 Å². The van der Waals surface area contributed by atoms with Gasteiger partial charge >= 0.3 is 0 Å². The van der Waals surface area contributed by atoms with E-state index in [0.717, 1.165) is 60.9 Å². The van der Waals surface area contributed by atoms with Crippen molar-refractivity contribution in [2.24, 2.45) is 0 Å². The summed E-state index contributed by atoms with van der Waals surface area (Å²) in [6, 6.07) is 45.9. The molecule has 0 fully saturated rings. The van der Waals surface area contributed by atoms with E-state index in [4.69, 9.17) is 11.0 Å². The second-order valence-electron chi connectivity index (χ2n) is 9.98. The molecule has 0 atom stereocenters. The number of aromatic nitrogens is 1. The molecule has 3 heteroatoms. The van der Waals surface area contributed by atoms with Crippen molar-refractivity contribution in [3.05, 3.63) is 145 Å². The van der Waals surface area contributed by atoms with Gasteiger partial charge in [0.1, 0.15) is 11.2 Å². The van der Waals surface area contributed by atoms with E-state index >= 15 is 0 Å². The number of benzene rings is 6. The van der Waals surface area contributed by atoms with Crippen LogP contribution in [0.3, 0.4) is 0 Å². The summed E-state index contributed by atoms with van der Waals surface area (Å²) < 4.78 is 8.49. The fourth-order valence-corrected chi connectivity index (χ4v) is 6.19. The minimum atomic E-state index is 0.616.